The van der Waals surface area contributed by atoms with Gasteiger partial charge in [0, 0.05) is 31.9 Å². The molecule has 3 aromatic rings. The van der Waals surface area contributed by atoms with Crippen LogP contribution in [0.3, 0.4) is 0 Å². The summed E-state index contributed by atoms with van der Waals surface area (Å²) in [5, 5.41) is 4.38. The van der Waals surface area contributed by atoms with E-state index in [1.54, 1.807) is 44.0 Å². The highest BCUT2D eigenvalue weighted by Crippen LogP contribution is 2.25. The summed E-state index contributed by atoms with van der Waals surface area (Å²) in [5.74, 6) is -0.621. The second-order valence-electron chi connectivity index (χ2n) is 8.02. The SMILES string of the molecule is CCOC(=O)c1c(C)[nH]c(C(=O)N2CCN(c3cnn(-c4ccccc4)c(=O)c3Cl)CC2)c1C. The predicted molar refractivity (Wildman–Crippen MR) is 129 cm³/mol. The number of rotatable bonds is 5. The van der Waals surface area contributed by atoms with Crippen molar-refractivity contribution in [1.82, 2.24) is 19.7 Å². The molecule has 34 heavy (non-hydrogen) atoms. The number of carbonyl (C=O) groups is 2. The molecule has 0 saturated carbocycles. The van der Waals surface area contributed by atoms with Crippen LogP contribution in [0.2, 0.25) is 5.02 Å². The summed E-state index contributed by atoms with van der Waals surface area (Å²) in [6.07, 6.45) is 1.58. The Morgan fingerprint density at radius 3 is 2.44 bits per heavy atom. The maximum Gasteiger partial charge on any atom is 0.340 e. The van der Waals surface area contributed by atoms with E-state index in [9.17, 15) is 14.4 Å². The fraction of sp³-hybridized carbons (Fsp3) is 0.333. The first kappa shape index (κ1) is 23.6. The lowest BCUT2D eigenvalue weighted by Gasteiger charge is -2.36. The van der Waals surface area contributed by atoms with Gasteiger partial charge >= 0.3 is 5.97 Å². The van der Waals surface area contributed by atoms with Gasteiger partial charge in [0.05, 0.1) is 29.7 Å². The van der Waals surface area contributed by atoms with Crippen LogP contribution >= 0.6 is 11.6 Å². The molecule has 1 aliphatic heterocycles. The van der Waals surface area contributed by atoms with Crippen molar-refractivity contribution >= 4 is 29.2 Å². The van der Waals surface area contributed by atoms with Crippen LogP contribution in [-0.2, 0) is 4.74 Å². The smallest absolute Gasteiger partial charge is 0.340 e. The third kappa shape index (κ3) is 4.31. The summed E-state index contributed by atoms with van der Waals surface area (Å²) in [6.45, 7) is 7.35. The van der Waals surface area contributed by atoms with Gasteiger partial charge in [-0.1, -0.05) is 29.8 Å². The number of halogens is 1. The monoisotopic (exact) mass is 483 g/mol. The van der Waals surface area contributed by atoms with Gasteiger partial charge in [-0.2, -0.15) is 9.78 Å². The molecule has 1 N–H and O–H groups in total. The van der Waals surface area contributed by atoms with Crippen LogP contribution < -0.4 is 10.5 Å². The second-order valence-corrected chi connectivity index (χ2v) is 8.40. The van der Waals surface area contributed by atoms with Crippen molar-refractivity contribution in [3.63, 3.8) is 0 Å². The Hall–Kier alpha value is -3.59. The number of nitrogens with one attached hydrogen (secondary N) is 1. The summed E-state index contributed by atoms with van der Waals surface area (Å²) in [6, 6.07) is 9.08. The number of anilines is 1. The van der Waals surface area contributed by atoms with Crippen molar-refractivity contribution in [2.24, 2.45) is 0 Å². The average Bonchev–Trinajstić information content (AvgIpc) is 3.15. The molecule has 0 aliphatic carbocycles. The number of esters is 1. The zero-order valence-electron chi connectivity index (χ0n) is 19.3. The van der Waals surface area contributed by atoms with Crippen LogP contribution in [0.15, 0.2) is 41.3 Å². The fourth-order valence-corrected chi connectivity index (χ4v) is 4.43. The number of ether oxygens (including phenoxy) is 1. The van der Waals surface area contributed by atoms with Crippen LogP contribution in [0.5, 0.6) is 0 Å². The number of aromatic amines is 1. The lowest BCUT2D eigenvalue weighted by atomic mass is 10.1. The molecular weight excluding hydrogens is 458 g/mol. The maximum atomic E-state index is 13.2. The predicted octanol–water partition coefficient (Wildman–Crippen LogP) is 2.97. The van der Waals surface area contributed by atoms with Crippen molar-refractivity contribution in [2.45, 2.75) is 20.8 Å². The quantitative estimate of drug-likeness (QED) is 0.560. The highest BCUT2D eigenvalue weighted by atomic mass is 35.5. The minimum absolute atomic E-state index is 0.0912. The van der Waals surface area contributed by atoms with Gasteiger partial charge in [-0.3, -0.25) is 9.59 Å². The van der Waals surface area contributed by atoms with Gasteiger partial charge in [-0.05, 0) is 38.5 Å². The number of amides is 1. The molecule has 3 heterocycles. The summed E-state index contributed by atoms with van der Waals surface area (Å²) < 4.78 is 6.38. The summed E-state index contributed by atoms with van der Waals surface area (Å²) in [4.78, 5) is 44.9. The third-order valence-corrected chi connectivity index (χ3v) is 6.30. The molecule has 2 aromatic heterocycles. The molecule has 0 bridgehead atoms. The molecule has 178 valence electrons. The number of piperazine rings is 1. The first-order valence-electron chi connectivity index (χ1n) is 11.1. The second kappa shape index (κ2) is 9.72. The fourth-order valence-electron chi connectivity index (χ4n) is 4.18. The van der Waals surface area contributed by atoms with Gasteiger partial charge in [0.15, 0.2) is 0 Å². The number of aromatic nitrogens is 3. The van der Waals surface area contributed by atoms with Crippen molar-refractivity contribution in [3.05, 3.63) is 74.4 Å². The van der Waals surface area contributed by atoms with E-state index >= 15 is 0 Å². The largest absolute Gasteiger partial charge is 0.462 e. The molecule has 1 aliphatic rings. The maximum absolute atomic E-state index is 13.2. The standard InChI is InChI=1S/C24H26ClN5O4/c1-4-34-24(33)19-15(2)21(27-16(19)3)23(32)29-12-10-28(11-13-29)18-14-26-30(22(31)20(18)25)17-8-6-5-7-9-17/h5-9,14,27H,4,10-13H2,1-3H3. The molecule has 1 amide bonds. The van der Waals surface area contributed by atoms with E-state index in [-0.39, 0.29) is 17.5 Å². The van der Waals surface area contributed by atoms with Gasteiger partial charge in [0.1, 0.15) is 10.7 Å². The van der Waals surface area contributed by atoms with Crippen LogP contribution in [0.25, 0.3) is 5.69 Å². The highest BCUT2D eigenvalue weighted by Gasteiger charge is 2.29. The third-order valence-electron chi connectivity index (χ3n) is 5.94. The van der Waals surface area contributed by atoms with E-state index in [0.29, 0.717) is 60.1 Å². The summed E-state index contributed by atoms with van der Waals surface area (Å²) in [5.41, 5.74) is 2.76. The van der Waals surface area contributed by atoms with Crippen molar-refractivity contribution < 1.29 is 14.3 Å². The molecule has 9 nitrogen and oxygen atoms in total. The minimum atomic E-state index is -0.440. The van der Waals surface area contributed by atoms with Gasteiger partial charge in [-0.25, -0.2) is 4.79 Å². The Morgan fingerprint density at radius 1 is 1.12 bits per heavy atom. The van der Waals surface area contributed by atoms with Crippen molar-refractivity contribution in [1.29, 1.82) is 0 Å². The van der Waals surface area contributed by atoms with Gasteiger partial charge in [-0.15, -0.1) is 0 Å². The number of benzene rings is 1. The van der Waals surface area contributed by atoms with E-state index in [0.717, 1.165) is 0 Å². The van der Waals surface area contributed by atoms with Crippen LogP contribution in [0.4, 0.5) is 5.69 Å². The summed E-state index contributed by atoms with van der Waals surface area (Å²) >= 11 is 6.43. The Balaban J connectivity index is 1.49. The Kier molecular flexibility index (Phi) is 6.74. The van der Waals surface area contributed by atoms with Gasteiger partial charge in [0.25, 0.3) is 11.5 Å². The molecule has 1 saturated heterocycles. The number of H-pyrrole nitrogens is 1. The number of para-hydroxylation sites is 1. The highest BCUT2D eigenvalue weighted by molar-refractivity contribution is 6.33. The van der Waals surface area contributed by atoms with Crippen LogP contribution in [-0.4, -0.2) is 64.3 Å². The van der Waals surface area contributed by atoms with Gasteiger partial charge in [0.2, 0.25) is 0 Å². The lowest BCUT2D eigenvalue weighted by Crippen LogP contribution is -2.49. The Morgan fingerprint density at radius 2 is 1.79 bits per heavy atom. The normalized spacial score (nSPS) is 13.8. The number of hydrogen-bond acceptors (Lipinski definition) is 6. The number of carbonyl (C=O) groups excluding carboxylic acids is 2. The zero-order valence-corrected chi connectivity index (χ0v) is 20.1. The van der Waals surface area contributed by atoms with Crippen molar-refractivity contribution in [2.75, 3.05) is 37.7 Å². The molecule has 10 heteroatoms. The molecule has 1 fully saturated rings. The van der Waals surface area contributed by atoms with Crippen molar-refractivity contribution in [3.8, 4) is 5.69 Å². The van der Waals surface area contributed by atoms with Crippen LogP contribution in [0, 0.1) is 13.8 Å². The molecule has 0 radical (unpaired) electrons. The summed E-state index contributed by atoms with van der Waals surface area (Å²) in [7, 11) is 0. The first-order valence-corrected chi connectivity index (χ1v) is 11.4. The van der Waals surface area contributed by atoms with E-state index in [2.05, 4.69) is 10.1 Å². The van der Waals surface area contributed by atoms with E-state index in [4.69, 9.17) is 16.3 Å². The molecule has 0 atom stereocenters. The lowest BCUT2D eigenvalue weighted by molar-refractivity contribution is 0.0525. The average molecular weight is 484 g/mol. The van der Waals surface area contributed by atoms with E-state index in [1.165, 1.54) is 4.68 Å². The zero-order chi connectivity index (χ0) is 24.4. The molecule has 0 spiro atoms. The van der Waals surface area contributed by atoms with Crippen LogP contribution in [0.1, 0.15) is 39.0 Å². The number of nitrogens with zero attached hydrogens (tertiary/aromatic N) is 4. The van der Waals surface area contributed by atoms with E-state index < -0.39 is 11.5 Å². The Bertz CT molecular complexity index is 1280. The molecule has 0 unspecified atom stereocenters. The molecule has 4 rings (SSSR count). The number of hydrogen-bond donors (Lipinski definition) is 1. The minimum Gasteiger partial charge on any atom is -0.462 e. The Labute approximate surface area is 201 Å². The molecule has 1 aromatic carbocycles. The van der Waals surface area contributed by atoms with Gasteiger partial charge < -0.3 is 19.5 Å². The van der Waals surface area contributed by atoms with E-state index in [1.807, 2.05) is 23.1 Å². The topological polar surface area (TPSA) is 101 Å². The number of aryl methyl sites for hydroxylation is 1. The first-order chi connectivity index (χ1) is 16.3. The molecular formula is C24H26ClN5O4.